The first-order valence-corrected chi connectivity index (χ1v) is 5.99. The van der Waals surface area contributed by atoms with Gasteiger partial charge in [-0.05, 0) is 31.2 Å². The number of rotatable bonds is 4. The third-order valence-corrected chi connectivity index (χ3v) is 4.55. The van der Waals surface area contributed by atoms with Crippen LogP contribution in [0.1, 0.15) is 31.2 Å². The summed E-state index contributed by atoms with van der Waals surface area (Å²) in [6.07, 6.45) is 4.37. The fourth-order valence-electron chi connectivity index (χ4n) is 3.09. The smallest absolute Gasteiger partial charge is 0.269 e. The van der Waals surface area contributed by atoms with E-state index in [9.17, 15) is 15.2 Å². The molecule has 1 aromatic rings. The molecule has 0 aromatic heterocycles. The van der Waals surface area contributed by atoms with Gasteiger partial charge in [-0.1, -0.05) is 12.1 Å². The quantitative estimate of drug-likeness (QED) is 0.641. The summed E-state index contributed by atoms with van der Waals surface area (Å²) in [4.78, 5) is 10.2. The average Bonchev–Trinajstić information content (AvgIpc) is 3.22. The normalized spacial score (nSPS) is 23.1. The largest absolute Gasteiger partial charge is 0.396 e. The average molecular weight is 233 g/mol. The highest BCUT2D eigenvalue weighted by Gasteiger charge is 2.65. The van der Waals surface area contributed by atoms with Gasteiger partial charge >= 0.3 is 0 Å². The molecule has 0 atom stereocenters. The first-order chi connectivity index (χ1) is 8.13. The summed E-state index contributed by atoms with van der Waals surface area (Å²) >= 11 is 0. The Kier molecular flexibility index (Phi) is 2.08. The van der Waals surface area contributed by atoms with E-state index in [1.54, 1.807) is 12.1 Å². The number of aliphatic hydroxyl groups is 1. The summed E-state index contributed by atoms with van der Waals surface area (Å²) < 4.78 is 0. The molecule has 0 amide bonds. The fraction of sp³-hybridized carbons (Fsp3) is 0.538. The Labute approximate surface area is 99.4 Å². The van der Waals surface area contributed by atoms with Crippen molar-refractivity contribution in [3.63, 3.8) is 0 Å². The molecule has 0 radical (unpaired) electrons. The molecule has 2 saturated carbocycles. The summed E-state index contributed by atoms with van der Waals surface area (Å²) in [5, 5.41) is 20.1. The number of hydrogen-bond acceptors (Lipinski definition) is 3. The van der Waals surface area contributed by atoms with Gasteiger partial charge in [-0.15, -0.1) is 0 Å². The molecular weight excluding hydrogens is 218 g/mol. The SMILES string of the molecule is O=[N+]([O-])c1ccc(C2(C3(CO)CC3)CC2)cc1. The lowest BCUT2D eigenvalue weighted by Crippen LogP contribution is -2.25. The van der Waals surface area contributed by atoms with Crippen molar-refractivity contribution in [2.75, 3.05) is 6.61 Å². The molecule has 0 saturated heterocycles. The van der Waals surface area contributed by atoms with Crippen molar-refractivity contribution in [2.24, 2.45) is 5.41 Å². The van der Waals surface area contributed by atoms with Crippen molar-refractivity contribution in [1.29, 1.82) is 0 Å². The highest BCUT2D eigenvalue weighted by molar-refractivity contribution is 5.42. The minimum Gasteiger partial charge on any atom is -0.396 e. The Morgan fingerprint density at radius 3 is 2.12 bits per heavy atom. The molecule has 1 aromatic carbocycles. The van der Waals surface area contributed by atoms with Crippen LogP contribution in [0.15, 0.2) is 24.3 Å². The minimum absolute atomic E-state index is 0.0726. The lowest BCUT2D eigenvalue weighted by Gasteiger charge is -2.25. The molecule has 2 aliphatic rings. The minimum atomic E-state index is -0.373. The summed E-state index contributed by atoms with van der Waals surface area (Å²) in [7, 11) is 0. The number of nitro groups is 1. The number of non-ortho nitro benzene ring substituents is 1. The Bertz CT molecular complexity index is 458. The van der Waals surface area contributed by atoms with E-state index in [2.05, 4.69) is 0 Å². The molecule has 1 N–H and O–H groups in total. The van der Waals surface area contributed by atoms with Gasteiger partial charge in [0.15, 0.2) is 0 Å². The number of nitro benzene ring substituents is 1. The van der Waals surface area contributed by atoms with E-state index >= 15 is 0 Å². The first-order valence-electron chi connectivity index (χ1n) is 5.99. The van der Waals surface area contributed by atoms with Crippen molar-refractivity contribution in [3.8, 4) is 0 Å². The van der Waals surface area contributed by atoms with Gasteiger partial charge in [0, 0.05) is 29.6 Å². The predicted octanol–water partition coefficient (Wildman–Crippen LogP) is 2.40. The van der Waals surface area contributed by atoms with Gasteiger partial charge in [-0.25, -0.2) is 0 Å². The maximum atomic E-state index is 10.6. The van der Waals surface area contributed by atoms with Crippen LogP contribution in [0.3, 0.4) is 0 Å². The van der Waals surface area contributed by atoms with Gasteiger partial charge in [-0.3, -0.25) is 10.1 Å². The lowest BCUT2D eigenvalue weighted by molar-refractivity contribution is -0.384. The van der Waals surface area contributed by atoms with Crippen LogP contribution in [0.2, 0.25) is 0 Å². The maximum absolute atomic E-state index is 10.6. The zero-order valence-electron chi connectivity index (χ0n) is 9.56. The molecule has 17 heavy (non-hydrogen) atoms. The van der Waals surface area contributed by atoms with E-state index in [0.29, 0.717) is 0 Å². The van der Waals surface area contributed by atoms with Crippen molar-refractivity contribution in [3.05, 3.63) is 39.9 Å². The molecule has 0 spiro atoms. The van der Waals surface area contributed by atoms with Crippen LogP contribution in [0.5, 0.6) is 0 Å². The zero-order valence-corrected chi connectivity index (χ0v) is 9.56. The van der Waals surface area contributed by atoms with E-state index < -0.39 is 0 Å². The second kappa shape index (κ2) is 3.29. The molecule has 0 bridgehead atoms. The van der Waals surface area contributed by atoms with Crippen molar-refractivity contribution in [1.82, 2.24) is 0 Å². The first kappa shape index (κ1) is 10.7. The maximum Gasteiger partial charge on any atom is 0.269 e. The fourth-order valence-corrected chi connectivity index (χ4v) is 3.09. The van der Waals surface area contributed by atoms with Gasteiger partial charge in [0.2, 0.25) is 0 Å². The van der Waals surface area contributed by atoms with E-state index in [1.807, 2.05) is 12.1 Å². The molecule has 4 nitrogen and oxygen atoms in total. The monoisotopic (exact) mass is 233 g/mol. The highest BCUT2D eigenvalue weighted by atomic mass is 16.6. The topological polar surface area (TPSA) is 63.4 Å². The van der Waals surface area contributed by atoms with E-state index in [-0.39, 0.29) is 28.0 Å². The van der Waals surface area contributed by atoms with E-state index in [1.165, 1.54) is 0 Å². The molecule has 90 valence electrons. The number of aliphatic hydroxyl groups excluding tert-OH is 1. The summed E-state index contributed by atoms with van der Waals surface area (Å²) in [6.45, 7) is 0.240. The van der Waals surface area contributed by atoms with Crippen LogP contribution in [0, 0.1) is 15.5 Å². The molecular formula is C13H15NO3. The summed E-state index contributed by atoms with van der Waals surface area (Å²) in [6, 6.07) is 6.87. The van der Waals surface area contributed by atoms with Crippen LogP contribution in [0.4, 0.5) is 5.69 Å². The molecule has 2 fully saturated rings. The third-order valence-electron chi connectivity index (χ3n) is 4.55. The van der Waals surface area contributed by atoms with Crippen LogP contribution in [-0.4, -0.2) is 16.6 Å². The number of benzene rings is 1. The van der Waals surface area contributed by atoms with Crippen molar-refractivity contribution >= 4 is 5.69 Å². The highest BCUT2D eigenvalue weighted by Crippen LogP contribution is 2.70. The number of nitrogens with zero attached hydrogens (tertiary/aromatic N) is 1. The predicted molar refractivity (Wildman–Crippen MR) is 62.8 cm³/mol. The van der Waals surface area contributed by atoms with Crippen LogP contribution in [-0.2, 0) is 5.41 Å². The van der Waals surface area contributed by atoms with Gasteiger partial charge in [0.25, 0.3) is 5.69 Å². The van der Waals surface area contributed by atoms with Gasteiger partial charge in [0.1, 0.15) is 0 Å². The molecule has 2 aliphatic carbocycles. The molecule has 0 heterocycles. The Morgan fingerprint density at radius 2 is 1.76 bits per heavy atom. The molecule has 4 heteroatoms. The van der Waals surface area contributed by atoms with Crippen molar-refractivity contribution < 1.29 is 10.0 Å². The molecule has 3 rings (SSSR count). The summed E-state index contributed by atoms with van der Waals surface area (Å²) in [5.41, 5.74) is 1.48. The Balaban J connectivity index is 1.92. The summed E-state index contributed by atoms with van der Waals surface area (Å²) in [5.74, 6) is 0. The van der Waals surface area contributed by atoms with E-state index in [4.69, 9.17) is 0 Å². The second-order valence-corrected chi connectivity index (χ2v) is 5.32. The van der Waals surface area contributed by atoms with Gasteiger partial charge < -0.3 is 5.11 Å². The van der Waals surface area contributed by atoms with Gasteiger partial charge in [-0.2, -0.15) is 0 Å². The van der Waals surface area contributed by atoms with E-state index in [0.717, 1.165) is 31.2 Å². The Morgan fingerprint density at radius 1 is 1.18 bits per heavy atom. The number of hydrogen-bond donors (Lipinski definition) is 1. The molecule has 0 aliphatic heterocycles. The van der Waals surface area contributed by atoms with Crippen molar-refractivity contribution in [2.45, 2.75) is 31.1 Å². The molecule has 0 unspecified atom stereocenters. The second-order valence-electron chi connectivity index (χ2n) is 5.32. The lowest BCUT2D eigenvalue weighted by atomic mass is 9.80. The van der Waals surface area contributed by atoms with Crippen LogP contribution in [0.25, 0.3) is 0 Å². The standard InChI is InChI=1S/C13H15NO3/c15-9-12(5-6-12)13(7-8-13)10-1-3-11(4-2-10)14(16)17/h1-4,15H,5-9H2. The Hall–Kier alpha value is -1.42. The zero-order chi connectivity index (χ0) is 12.1. The van der Waals surface area contributed by atoms with Crippen LogP contribution >= 0.6 is 0 Å². The van der Waals surface area contributed by atoms with Crippen LogP contribution < -0.4 is 0 Å². The van der Waals surface area contributed by atoms with Gasteiger partial charge in [0.05, 0.1) is 4.92 Å². The third kappa shape index (κ3) is 1.40.